The van der Waals surface area contributed by atoms with E-state index in [1.807, 2.05) is 6.07 Å². The average Bonchev–Trinajstić information content (AvgIpc) is 3.08. The molecule has 0 bridgehead atoms. The van der Waals surface area contributed by atoms with Crippen LogP contribution in [0.15, 0.2) is 53.1 Å². The van der Waals surface area contributed by atoms with E-state index >= 15 is 0 Å². The number of benzene rings is 2. The molecule has 0 saturated carbocycles. The lowest BCUT2D eigenvalue weighted by Gasteiger charge is -2.15. The summed E-state index contributed by atoms with van der Waals surface area (Å²) >= 11 is 6.16. The molecule has 0 aliphatic rings. The molecule has 10 heteroatoms. The fraction of sp³-hybridized carbons (Fsp3) is 0.238. The Morgan fingerprint density at radius 1 is 1.19 bits per heavy atom. The molecular formula is C21H22ClN3O5S. The van der Waals surface area contributed by atoms with Crippen LogP contribution in [0.4, 0.5) is 16.2 Å². The topological polar surface area (TPSA) is 111 Å². The third-order valence-corrected chi connectivity index (χ3v) is 6.17. The molecular weight excluding hydrogens is 442 g/mol. The van der Waals surface area contributed by atoms with Crippen molar-refractivity contribution >= 4 is 39.1 Å². The predicted octanol–water partition coefficient (Wildman–Crippen LogP) is 5.37. The SMILES string of the molecule is CCS(=O)(=O)Nc1ccc(-c2onc(C)c2NC(=O)OC(C)c2ccccc2Cl)cc1. The zero-order valence-electron chi connectivity index (χ0n) is 17.2. The average molecular weight is 464 g/mol. The molecule has 0 radical (unpaired) electrons. The first-order valence-electron chi connectivity index (χ1n) is 9.49. The van der Waals surface area contributed by atoms with Gasteiger partial charge < -0.3 is 9.26 Å². The van der Waals surface area contributed by atoms with Crippen LogP contribution in [0.25, 0.3) is 11.3 Å². The van der Waals surface area contributed by atoms with Gasteiger partial charge in [-0.15, -0.1) is 0 Å². The standard InChI is InChI=1S/C21H22ClN3O5S/c1-4-31(27,28)25-16-11-9-15(10-12-16)20-19(13(2)24-30-20)23-21(26)29-14(3)17-7-5-6-8-18(17)22/h5-12,14,25H,4H2,1-3H3,(H,23,26). The molecule has 1 heterocycles. The fourth-order valence-electron chi connectivity index (χ4n) is 2.82. The van der Waals surface area contributed by atoms with Crippen LogP contribution >= 0.6 is 11.6 Å². The molecule has 164 valence electrons. The van der Waals surface area contributed by atoms with Gasteiger partial charge in [0.15, 0.2) is 5.76 Å². The maximum atomic E-state index is 12.5. The molecule has 0 aliphatic carbocycles. The molecule has 0 aliphatic heterocycles. The Balaban J connectivity index is 1.75. The van der Waals surface area contributed by atoms with Crippen molar-refractivity contribution in [2.24, 2.45) is 0 Å². The molecule has 1 atom stereocenters. The van der Waals surface area contributed by atoms with Gasteiger partial charge in [-0.3, -0.25) is 10.0 Å². The fourth-order valence-corrected chi connectivity index (χ4v) is 3.74. The third-order valence-electron chi connectivity index (χ3n) is 4.52. The molecule has 2 aromatic carbocycles. The van der Waals surface area contributed by atoms with E-state index in [1.165, 1.54) is 0 Å². The van der Waals surface area contributed by atoms with Gasteiger partial charge >= 0.3 is 6.09 Å². The van der Waals surface area contributed by atoms with Crippen LogP contribution in [0, 0.1) is 6.92 Å². The zero-order valence-corrected chi connectivity index (χ0v) is 18.8. The van der Waals surface area contributed by atoms with Crippen LogP contribution in [-0.4, -0.2) is 25.4 Å². The van der Waals surface area contributed by atoms with Crippen LogP contribution in [0.5, 0.6) is 0 Å². The normalized spacial score (nSPS) is 12.3. The second kappa shape index (κ2) is 9.40. The van der Waals surface area contributed by atoms with E-state index in [1.54, 1.807) is 63.2 Å². The van der Waals surface area contributed by atoms with E-state index in [9.17, 15) is 13.2 Å². The predicted molar refractivity (Wildman–Crippen MR) is 120 cm³/mol. The van der Waals surface area contributed by atoms with Crippen LogP contribution in [0.3, 0.4) is 0 Å². The van der Waals surface area contributed by atoms with E-state index in [2.05, 4.69) is 15.2 Å². The quantitative estimate of drug-likeness (QED) is 0.487. The first-order chi connectivity index (χ1) is 14.7. The van der Waals surface area contributed by atoms with E-state index in [4.69, 9.17) is 20.9 Å². The van der Waals surface area contributed by atoms with E-state index < -0.39 is 22.2 Å². The van der Waals surface area contributed by atoms with Gasteiger partial charge in [0.2, 0.25) is 10.0 Å². The van der Waals surface area contributed by atoms with Crippen LogP contribution in [0.2, 0.25) is 5.02 Å². The highest BCUT2D eigenvalue weighted by Gasteiger charge is 2.20. The number of ether oxygens (including phenoxy) is 1. The lowest BCUT2D eigenvalue weighted by atomic mass is 10.1. The second-order valence-corrected chi connectivity index (χ2v) is 9.17. The molecule has 2 N–H and O–H groups in total. The molecule has 31 heavy (non-hydrogen) atoms. The van der Waals surface area contributed by atoms with Crippen molar-refractivity contribution in [1.82, 2.24) is 5.16 Å². The van der Waals surface area contributed by atoms with Crippen molar-refractivity contribution in [3.63, 3.8) is 0 Å². The summed E-state index contributed by atoms with van der Waals surface area (Å²) in [5, 5.41) is 7.09. The highest BCUT2D eigenvalue weighted by molar-refractivity contribution is 7.92. The lowest BCUT2D eigenvalue weighted by Crippen LogP contribution is -2.17. The molecule has 3 rings (SSSR count). The number of hydrogen-bond donors (Lipinski definition) is 2. The van der Waals surface area contributed by atoms with Gasteiger partial charge in [-0.05, 0) is 51.1 Å². The van der Waals surface area contributed by atoms with Gasteiger partial charge in [0, 0.05) is 21.8 Å². The summed E-state index contributed by atoms with van der Waals surface area (Å²) in [5.41, 5.74) is 2.54. The van der Waals surface area contributed by atoms with Crippen molar-refractivity contribution in [1.29, 1.82) is 0 Å². The minimum Gasteiger partial charge on any atom is -0.441 e. The number of carbonyl (C=O) groups is 1. The first kappa shape index (κ1) is 22.6. The summed E-state index contributed by atoms with van der Waals surface area (Å²) in [5.74, 6) is 0.295. The van der Waals surface area contributed by atoms with E-state index in [-0.39, 0.29) is 5.75 Å². The van der Waals surface area contributed by atoms with Gasteiger partial charge in [-0.2, -0.15) is 0 Å². The molecule has 0 saturated heterocycles. The van der Waals surface area contributed by atoms with Crippen molar-refractivity contribution in [3.05, 3.63) is 64.8 Å². The molecule has 3 aromatic rings. The number of aromatic nitrogens is 1. The van der Waals surface area contributed by atoms with Gasteiger partial charge in [-0.25, -0.2) is 13.2 Å². The number of amides is 1. The Morgan fingerprint density at radius 3 is 2.52 bits per heavy atom. The zero-order chi connectivity index (χ0) is 22.6. The van der Waals surface area contributed by atoms with Gasteiger partial charge in [0.1, 0.15) is 17.5 Å². The third kappa shape index (κ3) is 5.56. The molecule has 8 nitrogen and oxygen atoms in total. The molecule has 1 unspecified atom stereocenters. The van der Waals surface area contributed by atoms with Crippen molar-refractivity contribution in [2.75, 3.05) is 15.8 Å². The Labute approximate surface area is 185 Å². The Kier molecular flexibility index (Phi) is 6.87. The number of nitrogens with one attached hydrogen (secondary N) is 2. The number of rotatable bonds is 7. The number of carbonyl (C=O) groups excluding carboxylic acids is 1. The first-order valence-corrected chi connectivity index (χ1v) is 11.5. The van der Waals surface area contributed by atoms with Crippen molar-refractivity contribution in [3.8, 4) is 11.3 Å². The van der Waals surface area contributed by atoms with E-state index in [0.29, 0.717) is 39.0 Å². The summed E-state index contributed by atoms with van der Waals surface area (Å²) in [7, 11) is -3.38. The smallest absolute Gasteiger partial charge is 0.412 e. The number of sulfonamides is 1. The van der Waals surface area contributed by atoms with Gasteiger partial charge in [-0.1, -0.05) is 35.0 Å². The van der Waals surface area contributed by atoms with Crippen molar-refractivity contribution in [2.45, 2.75) is 26.9 Å². The van der Waals surface area contributed by atoms with Gasteiger partial charge in [0.25, 0.3) is 0 Å². The van der Waals surface area contributed by atoms with Crippen LogP contribution in [0.1, 0.15) is 31.2 Å². The minimum absolute atomic E-state index is 0.0289. The number of nitrogens with zero attached hydrogens (tertiary/aromatic N) is 1. The minimum atomic E-state index is -3.38. The number of anilines is 2. The lowest BCUT2D eigenvalue weighted by molar-refractivity contribution is 0.121. The Bertz CT molecular complexity index is 1180. The summed E-state index contributed by atoms with van der Waals surface area (Å²) in [4.78, 5) is 12.5. The largest absolute Gasteiger partial charge is 0.441 e. The maximum absolute atomic E-state index is 12.5. The summed E-state index contributed by atoms with van der Waals surface area (Å²) in [6, 6.07) is 13.6. The number of hydrogen-bond acceptors (Lipinski definition) is 6. The number of aryl methyl sites for hydroxylation is 1. The van der Waals surface area contributed by atoms with Crippen molar-refractivity contribution < 1.29 is 22.5 Å². The Morgan fingerprint density at radius 2 is 1.87 bits per heavy atom. The highest BCUT2D eigenvalue weighted by atomic mass is 35.5. The number of halogens is 1. The van der Waals surface area contributed by atoms with E-state index in [0.717, 1.165) is 0 Å². The Hall–Kier alpha value is -3.04. The monoisotopic (exact) mass is 463 g/mol. The summed E-state index contributed by atoms with van der Waals surface area (Å²) < 4.78 is 36.7. The van der Waals surface area contributed by atoms with Crippen LogP contribution < -0.4 is 10.0 Å². The second-order valence-electron chi connectivity index (χ2n) is 6.75. The summed E-state index contributed by atoms with van der Waals surface area (Å²) in [6.45, 7) is 4.96. The molecule has 1 aromatic heterocycles. The summed E-state index contributed by atoms with van der Waals surface area (Å²) in [6.07, 6.45) is -1.25. The molecule has 0 spiro atoms. The highest BCUT2D eigenvalue weighted by Crippen LogP contribution is 2.32. The molecule has 1 amide bonds. The van der Waals surface area contributed by atoms with Gasteiger partial charge in [0.05, 0.1) is 5.75 Å². The van der Waals surface area contributed by atoms with Crippen LogP contribution in [-0.2, 0) is 14.8 Å². The maximum Gasteiger partial charge on any atom is 0.412 e. The molecule has 0 fully saturated rings.